The van der Waals surface area contributed by atoms with Crippen LogP contribution in [0.15, 0.2) is 122 Å². The molecule has 6 nitrogen and oxygen atoms in total. The van der Waals surface area contributed by atoms with E-state index in [4.69, 9.17) is 9.97 Å². The second-order valence-corrected chi connectivity index (χ2v) is 18.4. The molecule has 0 spiro atoms. The molecule has 0 aliphatic heterocycles. The average molecular weight is 934 g/mol. The van der Waals surface area contributed by atoms with Crippen molar-refractivity contribution >= 4 is 15.6 Å². The van der Waals surface area contributed by atoms with Gasteiger partial charge in [0.1, 0.15) is 0 Å². The molecule has 59 heavy (non-hydrogen) atoms. The summed E-state index contributed by atoms with van der Waals surface area (Å²) >= 11 is 0. The summed E-state index contributed by atoms with van der Waals surface area (Å²) in [5, 5.41) is 0. The van der Waals surface area contributed by atoms with Crippen LogP contribution in [0.2, 0.25) is 0 Å². The van der Waals surface area contributed by atoms with E-state index in [2.05, 4.69) is 85.7 Å². The molecular weight excluding hydrogens is 896 g/mol. The molecule has 0 saturated carbocycles. The molecule has 0 unspecified atom stereocenters. The standard InChI is InChI=1S/2C19H19N3.2F6P.Zn/c2*1-19(2,3)14-12-17(15-8-4-6-10-20-15)22-18(13-14)16-9-5-7-11-21-16;2*1-7(2,3,4,5)6;/h2*4-13H,1-3H3;;;/q;;2*-1;+2. The number of rotatable bonds is 4. The quantitative estimate of drug-likeness (QED) is 0.0996. The molecule has 6 aromatic rings. The normalized spacial score (nSPS) is 14.0. The number of aromatic nitrogens is 6. The zero-order valence-electron chi connectivity index (χ0n) is 32.4. The van der Waals surface area contributed by atoms with Crippen molar-refractivity contribution in [2.45, 2.75) is 52.4 Å². The Morgan fingerprint density at radius 1 is 0.339 bits per heavy atom. The van der Waals surface area contributed by atoms with Gasteiger partial charge in [-0.2, -0.15) is 0 Å². The van der Waals surface area contributed by atoms with Crippen molar-refractivity contribution in [1.82, 2.24) is 29.9 Å². The largest absolute Gasteiger partial charge is 2.00 e. The Labute approximate surface area is 345 Å². The minimum absolute atomic E-state index is 0. The van der Waals surface area contributed by atoms with Gasteiger partial charge in [0.25, 0.3) is 0 Å². The summed E-state index contributed by atoms with van der Waals surface area (Å²) in [6.07, 6.45) is 7.17. The van der Waals surface area contributed by atoms with E-state index in [1.54, 1.807) is 24.8 Å². The molecule has 0 atom stereocenters. The van der Waals surface area contributed by atoms with Gasteiger partial charge in [-0.25, -0.2) is 9.97 Å². The van der Waals surface area contributed by atoms with E-state index < -0.39 is 15.6 Å². The molecule has 316 valence electrons. The maximum atomic E-state index is 9.87. The van der Waals surface area contributed by atoms with E-state index in [9.17, 15) is 50.4 Å². The average Bonchev–Trinajstić information content (AvgIpc) is 3.10. The Hall–Kier alpha value is -4.46. The second kappa shape index (κ2) is 16.9. The summed E-state index contributed by atoms with van der Waals surface area (Å²) in [6, 6.07) is 32.0. The van der Waals surface area contributed by atoms with Crippen LogP contribution in [0.3, 0.4) is 0 Å². The molecule has 0 N–H and O–H groups in total. The number of halogens is 12. The Bertz CT molecular complexity index is 1980. The zero-order chi connectivity index (χ0) is 44.0. The number of hydrogen-bond acceptors (Lipinski definition) is 6. The first-order valence-electron chi connectivity index (χ1n) is 16.8. The summed E-state index contributed by atoms with van der Waals surface area (Å²) in [4.78, 5) is 27.2. The Kier molecular flexibility index (Phi) is 14.5. The predicted molar refractivity (Wildman–Crippen MR) is 206 cm³/mol. The van der Waals surface area contributed by atoms with Crippen LogP contribution in [-0.2, 0) is 30.3 Å². The zero-order valence-corrected chi connectivity index (χ0v) is 37.1. The van der Waals surface area contributed by atoms with Crippen LogP contribution < -0.4 is 0 Å². The van der Waals surface area contributed by atoms with Gasteiger partial charge in [0.15, 0.2) is 0 Å². The first kappa shape index (κ1) is 50.7. The van der Waals surface area contributed by atoms with Crippen molar-refractivity contribution in [2.75, 3.05) is 0 Å². The van der Waals surface area contributed by atoms with Crippen LogP contribution in [-0.4, -0.2) is 29.9 Å². The van der Waals surface area contributed by atoms with Gasteiger partial charge in [-0.1, -0.05) is 65.8 Å². The van der Waals surface area contributed by atoms with Crippen molar-refractivity contribution in [3.63, 3.8) is 0 Å². The molecule has 0 saturated heterocycles. The molecule has 6 rings (SSSR count). The summed E-state index contributed by atoms with van der Waals surface area (Å²) in [5.41, 5.74) is 9.58. The molecule has 0 radical (unpaired) electrons. The third-order valence-corrected chi connectivity index (χ3v) is 7.09. The maximum Gasteiger partial charge on any atom is 2.00 e. The maximum absolute atomic E-state index is 10.7. The van der Waals surface area contributed by atoms with Crippen molar-refractivity contribution in [1.29, 1.82) is 0 Å². The van der Waals surface area contributed by atoms with E-state index in [1.165, 1.54) is 11.1 Å². The van der Waals surface area contributed by atoms with Gasteiger partial charge in [-0.15, -0.1) is 0 Å². The first-order chi connectivity index (χ1) is 26.0. The van der Waals surface area contributed by atoms with Gasteiger partial charge in [-0.05, 0) is 94.8 Å². The molecule has 0 amide bonds. The van der Waals surface area contributed by atoms with Crippen molar-refractivity contribution in [2.24, 2.45) is 0 Å². The summed E-state index contributed by atoms with van der Waals surface area (Å²) < 4.78 is 118. The smallest absolute Gasteiger partial charge is 2.00 e. The van der Waals surface area contributed by atoms with Gasteiger partial charge in [0.05, 0.1) is 45.6 Å². The predicted octanol–water partition coefficient (Wildman–Crippen LogP) is 15.8. The fourth-order valence-electron chi connectivity index (χ4n) is 4.51. The number of nitrogens with zero attached hydrogens (tertiary/aromatic N) is 6. The van der Waals surface area contributed by atoms with E-state index in [0.29, 0.717) is 0 Å². The van der Waals surface area contributed by atoms with Crippen molar-refractivity contribution in [3.8, 4) is 45.6 Å². The topological polar surface area (TPSA) is 77.3 Å². The van der Waals surface area contributed by atoms with Gasteiger partial charge >= 0.3 is 85.5 Å². The summed E-state index contributed by atoms with van der Waals surface area (Å²) in [7, 11) is -21.3. The fourth-order valence-corrected chi connectivity index (χ4v) is 4.51. The number of hydrogen-bond donors (Lipinski definition) is 0. The Balaban J connectivity index is 0.000000306. The van der Waals surface area contributed by atoms with Crippen molar-refractivity contribution in [3.05, 3.63) is 133 Å². The molecule has 0 fully saturated rings. The monoisotopic (exact) mass is 932 g/mol. The molecule has 0 bridgehead atoms. The summed E-state index contributed by atoms with van der Waals surface area (Å²) in [6.45, 7) is 13.2. The van der Waals surface area contributed by atoms with E-state index in [-0.39, 0.29) is 30.3 Å². The van der Waals surface area contributed by atoms with E-state index in [0.717, 1.165) is 45.6 Å². The van der Waals surface area contributed by atoms with Gasteiger partial charge in [0, 0.05) is 24.8 Å². The van der Waals surface area contributed by atoms with Gasteiger partial charge in [-0.3, -0.25) is 19.9 Å². The molecule has 21 heteroatoms. The molecule has 0 aromatic carbocycles. The minimum Gasteiger partial charge on any atom is 2.00 e. The molecule has 6 aromatic heterocycles. The second-order valence-electron chi connectivity index (χ2n) is 14.5. The first-order valence-corrected chi connectivity index (χ1v) is 20.9. The number of pyridine rings is 6. The van der Waals surface area contributed by atoms with Crippen LogP contribution in [0.4, 0.5) is 50.4 Å². The molecule has 6 heterocycles. The van der Waals surface area contributed by atoms with E-state index >= 15 is 0 Å². The van der Waals surface area contributed by atoms with Crippen LogP contribution in [0, 0.1) is 0 Å². The van der Waals surface area contributed by atoms with Crippen LogP contribution in [0.5, 0.6) is 0 Å². The van der Waals surface area contributed by atoms with Gasteiger partial charge in [0.2, 0.25) is 0 Å². The van der Waals surface area contributed by atoms with Crippen LogP contribution in [0.1, 0.15) is 52.7 Å². The molecular formula is C38H38F12N6P2Zn. The Morgan fingerprint density at radius 2 is 0.525 bits per heavy atom. The van der Waals surface area contributed by atoms with Crippen LogP contribution >= 0.6 is 15.6 Å². The van der Waals surface area contributed by atoms with Crippen LogP contribution in [0.25, 0.3) is 45.6 Å². The fraction of sp³-hybridized carbons (Fsp3) is 0.211. The van der Waals surface area contributed by atoms with Crippen molar-refractivity contribution < 1.29 is 69.8 Å². The SMILES string of the molecule is CC(C)(C)c1cc(-c2ccccn2)nc(-c2ccccn2)c1.CC(C)(C)c1cc(-c2ccccn2)nc(-c2ccccn2)c1.F[P-](F)(F)(F)(F)F.F[P-](F)(F)(F)(F)F.[Zn+2]. The van der Waals surface area contributed by atoms with Gasteiger partial charge < -0.3 is 0 Å². The molecule has 0 aliphatic carbocycles. The third-order valence-electron chi connectivity index (χ3n) is 7.09. The third kappa shape index (κ3) is 22.5. The Morgan fingerprint density at radius 3 is 0.661 bits per heavy atom. The summed E-state index contributed by atoms with van der Waals surface area (Å²) in [5.74, 6) is 0. The molecule has 0 aliphatic rings. The minimum atomic E-state index is -10.7. The van der Waals surface area contributed by atoms with E-state index in [1.807, 2.05) is 72.8 Å².